The Kier molecular flexibility index (Phi) is 3.98. The zero-order chi connectivity index (χ0) is 13.1. The van der Waals surface area contributed by atoms with Crippen LogP contribution in [-0.4, -0.2) is 25.3 Å². The molecule has 2 rings (SSSR count). The first-order chi connectivity index (χ1) is 8.65. The molecule has 0 aliphatic carbocycles. The summed E-state index contributed by atoms with van der Waals surface area (Å²) < 4.78 is 24.4. The van der Waals surface area contributed by atoms with Crippen molar-refractivity contribution in [3.8, 4) is 5.75 Å². The van der Waals surface area contributed by atoms with Crippen LogP contribution in [0.25, 0.3) is 10.9 Å². The van der Waals surface area contributed by atoms with E-state index in [2.05, 4.69) is 20.9 Å². The average molecular weight is 316 g/mol. The van der Waals surface area contributed by atoms with E-state index < -0.39 is 5.82 Å². The lowest BCUT2D eigenvalue weighted by molar-refractivity contribution is 0.144. The third kappa shape index (κ3) is 2.39. The van der Waals surface area contributed by atoms with E-state index in [0.717, 1.165) is 0 Å². The van der Waals surface area contributed by atoms with Crippen molar-refractivity contribution in [1.29, 1.82) is 0 Å². The third-order valence-corrected chi connectivity index (χ3v) is 3.05. The van der Waals surface area contributed by atoms with Crippen LogP contribution in [0, 0.1) is 5.82 Å². The summed E-state index contributed by atoms with van der Waals surface area (Å²) in [4.78, 5) is 14.7. The SMILES string of the molecule is COCCOc1c(F)cc(Br)c2[nH]ccc(=O)c12. The molecule has 1 aromatic carbocycles. The highest BCUT2D eigenvalue weighted by molar-refractivity contribution is 9.10. The van der Waals surface area contributed by atoms with E-state index in [1.54, 1.807) is 0 Å². The Labute approximate surface area is 111 Å². The molecule has 0 aliphatic rings. The Morgan fingerprint density at radius 1 is 1.44 bits per heavy atom. The van der Waals surface area contributed by atoms with Gasteiger partial charge in [0.2, 0.25) is 0 Å². The Bertz CT molecular complexity index is 626. The lowest BCUT2D eigenvalue weighted by Crippen LogP contribution is -2.10. The molecule has 96 valence electrons. The van der Waals surface area contributed by atoms with Gasteiger partial charge in [0.15, 0.2) is 17.0 Å². The number of fused-ring (bicyclic) bond motifs is 1. The topological polar surface area (TPSA) is 51.3 Å². The molecule has 0 bridgehead atoms. The smallest absolute Gasteiger partial charge is 0.193 e. The van der Waals surface area contributed by atoms with Crippen LogP contribution >= 0.6 is 15.9 Å². The molecule has 1 N–H and O–H groups in total. The molecular weight excluding hydrogens is 305 g/mol. The highest BCUT2D eigenvalue weighted by Crippen LogP contribution is 2.31. The van der Waals surface area contributed by atoms with Gasteiger partial charge in [-0.2, -0.15) is 0 Å². The number of methoxy groups -OCH3 is 1. The second-order valence-electron chi connectivity index (χ2n) is 3.60. The number of aromatic amines is 1. The van der Waals surface area contributed by atoms with Crippen molar-refractivity contribution in [1.82, 2.24) is 4.98 Å². The van der Waals surface area contributed by atoms with Gasteiger partial charge in [-0.15, -0.1) is 0 Å². The molecule has 0 fully saturated rings. The van der Waals surface area contributed by atoms with Crippen molar-refractivity contribution in [3.63, 3.8) is 0 Å². The van der Waals surface area contributed by atoms with Gasteiger partial charge in [-0.25, -0.2) is 4.39 Å². The molecule has 0 spiro atoms. The second-order valence-corrected chi connectivity index (χ2v) is 4.46. The molecule has 0 saturated carbocycles. The quantitative estimate of drug-likeness (QED) is 0.882. The number of H-pyrrole nitrogens is 1. The van der Waals surface area contributed by atoms with Gasteiger partial charge < -0.3 is 14.5 Å². The largest absolute Gasteiger partial charge is 0.487 e. The molecular formula is C12H11BrFNO3. The van der Waals surface area contributed by atoms with Gasteiger partial charge in [0.05, 0.1) is 17.5 Å². The van der Waals surface area contributed by atoms with Crippen molar-refractivity contribution in [2.45, 2.75) is 0 Å². The van der Waals surface area contributed by atoms with Crippen molar-refractivity contribution >= 4 is 26.8 Å². The first kappa shape index (κ1) is 13.0. The van der Waals surface area contributed by atoms with Crippen LogP contribution in [-0.2, 0) is 4.74 Å². The molecule has 4 nitrogen and oxygen atoms in total. The maximum atomic E-state index is 13.8. The summed E-state index contributed by atoms with van der Waals surface area (Å²) in [6.07, 6.45) is 1.51. The second kappa shape index (κ2) is 5.49. The van der Waals surface area contributed by atoms with Gasteiger partial charge in [0.1, 0.15) is 6.61 Å². The monoisotopic (exact) mass is 315 g/mol. The average Bonchev–Trinajstić information content (AvgIpc) is 2.34. The van der Waals surface area contributed by atoms with E-state index in [-0.39, 0.29) is 23.2 Å². The first-order valence-electron chi connectivity index (χ1n) is 5.26. The standard InChI is InChI=1S/C12H11BrFNO3/c1-17-4-5-18-12-8(14)6-7(13)11-10(12)9(16)2-3-15-11/h2-3,6H,4-5H2,1H3,(H,15,16). The molecule has 0 amide bonds. The lowest BCUT2D eigenvalue weighted by Gasteiger charge is -2.10. The van der Waals surface area contributed by atoms with Crippen LogP contribution in [0.2, 0.25) is 0 Å². The minimum Gasteiger partial charge on any atom is -0.487 e. The van der Waals surface area contributed by atoms with Crippen molar-refractivity contribution in [2.24, 2.45) is 0 Å². The molecule has 0 aliphatic heterocycles. The fourth-order valence-corrected chi connectivity index (χ4v) is 2.14. The number of rotatable bonds is 4. The predicted octanol–water partition coefficient (Wildman–Crippen LogP) is 2.45. The number of hydrogen-bond donors (Lipinski definition) is 1. The van der Waals surface area contributed by atoms with E-state index in [0.29, 0.717) is 16.6 Å². The summed E-state index contributed by atoms with van der Waals surface area (Å²) in [6.45, 7) is 0.500. The molecule has 2 aromatic rings. The van der Waals surface area contributed by atoms with Crippen LogP contribution in [0.1, 0.15) is 0 Å². The molecule has 6 heteroatoms. The maximum absolute atomic E-state index is 13.8. The number of benzene rings is 1. The number of halogens is 2. The summed E-state index contributed by atoms with van der Waals surface area (Å²) in [5, 5.41) is 0.195. The van der Waals surface area contributed by atoms with Crippen LogP contribution in [0.15, 0.2) is 27.6 Å². The van der Waals surface area contributed by atoms with Crippen molar-refractivity contribution in [2.75, 3.05) is 20.3 Å². The minimum absolute atomic E-state index is 0.0490. The maximum Gasteiger partial charge on any atom is 0.193 e. The van der Waals surface area contributed by atoms with E-state index in [4.69, 9.17) is 9.47 Å². The number of hydrogen-bond acceptors (Lipinski definition) is 3. The summed E-state index contributed by atoms with van der Waals surface area (Å²) in [7, 11) is 1.52. The highest BCUT2D eigenvalue weighted by Gasteiger charge is 2.15. The van der Waals surface area contributed by atoms with Crippen LogP contribution in [0.4, 0.5) is 4.39 Å². The summed E-state index contributed by atoms with van der Waals surface area (Å²) in [6, 6.07) is 2.60. The number of pyridine rings is 1. The van der Waals surface area contributed by atoms with E-state index in [1.807, 2.05) is 0 Å². The van der Waals surface area contributed by atoms with Gasteiger partial charge in [-0.3, -0.25) is 4.79 Å². The molecule has 0 radical (unpaired) electrons. The van der Waals surface area contributed by atoms with Gasteiger partial charge in [0, 0.05) is 23.8 Å². The molecule has 0 unspecified atom stereocenters. The highest BCUT2D eigenvalue weighted by atomic mass is 79.9. The van der Waals surface area contributed by atoms with Crippen molar-refractivity contribution in [3.05, 3.63) is 38.8 Å². The fraction of sp³-hybridized carbons (Fsp3) is 0.250. The normalized spacial score (nSPS) is 10.8. The molecule has 0 saturated heterocycles. The van der Waals surface area contributed by atoms with Crippen molar-refractivity contribution < 1.29 is 13.9 Å². The van der Waals surface area contributed by atoms with Gasteiger partial charge in [-0.05, 0) is 22.0 Å². The van der Waals surface area contributed by atoms with Crippen LogP contribution in [0.5, 0.6) is 5.75 Å². The van der Waals surface area contributed by atoms with Gasteiger partial charge in [-0.1, -0.05) is 0 Å². The third-order valence-electron chi connectivity index (χ3n) is 2.43. The molecule has 18 heavy (non-hydrogen) atoms. The van der Waals surface area contributed by atoms with Crippen LogP contribution in [0.3, 0.4) is 0 Å². The van der Waals surface area contributed by atoms with E-state index >= 15 is 0 Å². The minimum atomic E-state index is -0.581. The Morgan fingerprint density at radius 2 is 2.22 bits per heavy atom. The molecule has 0 atom stereocenters. The molecule has 1 aromatic heterocycles. The number of aromatic nitrogens is 1. The zero-order valence-corrected chi connectivity index (χ0v) is 11.2. The summed E-state index contributed by atoms with van der Waals surface area (Å²) in [5.74, 6) is -0.630. The van der Waals surface area contributed by atoms with Gasteiger partial charge >= 0.3 is 0 Å². The van der Waals surface area contributed by atoms with E-state index in [1.165, 1.54) is 25.4 Å². The van der Waals surface area contributed by atoms with E-state index in [9.17, 15) is 9.18 Å². The van der Waals surface area contributed by atoms with Crippen LogP contribution < -0.4 is 10.2 Å². The summed E-state index contributed by atoms with van der Waals surface area (Å²) in [5.41, 5.74) is 0.215. The predicted molar refractivity (Wildman–Crippen MR) is 69.6 cm³/mol. The zero-order valence-electron chi connectivity index (χ0n) is 9.63. The fourth-order valence-electron chi connectivity index (χ4n) is 1.63. The molecule has 1 heterocycles. The Morgan fingerprint density at radius 3 is 2.94 bits per heavy atom. The summed E-state index contributed by atoms with van der Waals surface area (Å²) >= 11 is 3.21. The van der Waals surface area contributed by atoms with Gasteiger partial charge in [0.25, 0.3) is 0 Å². The Balaban J connectivity index is 2.60. The lowest BCUT2D eigenvalue weighted by atomic mass is 10.2. The number of ether oxygens (including phenoxy) is 2. The first-order valence-corrected chi connectivity index (χ1v) is 6.05. The number of nitrogens with one attached hydrogen (secondary N) is 1. The Hall–Kier alpha value is -1.40.